The van der Waals surface area contributed by atoms with Crippen molar-refractivity contribution in [2.45, 2.75) is 25.6 Å². The highest BCUT2D eigenvalue weighted by Crippen LogP contribution is 2.17. The number of rotatable bonds is 5. The van der Waals surface area contributed by atoms with Crippen molar-refractivity contribution in [3.8, 4) is 5.75 Å². The van der Waals surface area contributed by atoms with E-state index in [1.807, 2.05) is 18.2 Å². The fourth-order valence-electron chi connectivity index (χ4n) is 1.19. The minimum atomic E-state index is -3.23. The van der Waals surface area contributed by atoms with Gasteiger partial charge in [-0.25, -0.2) is 13.1 Å². The molecular weight excluding hydrogens is 226 g/mol. The van der Waals surface area contributed by atoms with Crippen LogP contribution in [0, 0.1) is 0 Å². The van der Waals surface area contributed by atoms with Gasteiger partial charge in [0.15, 0.2) is 0 Å². The molecule has 0 saturated heterocycles. The van der Waals surface area contributed by atoms with E-state index < -0.39 is 15.3 Å². The van der Waals surface area contributed by atoms with Gasteiger partial charge in [-0.15, -0.1) is 0 Å². The smallest absolute Gasteiger partial charge is 0.214 e. The molecule has 0 radical (unpaired) electrons. The third kappa shape index (κ3) is 3.21. The van der Waals surface area contributed by atoms with Crippen molar-refractivity contribution in [3.05, 3.63) is 29.8 Å². The van der Waals surface area contributed by atoms with Crippen LogP contribution in [-0.4, -0.2) is 20.8 Å². The van der Waals surface area contributed by atoms with Crippen molar-refractivity contribution < 1.29 is 13.2 Å². The molecule has 0 unspecified atom stereocenters. The molecule has 1 aromatic carbocycles. The number of ether oxygens (including phenoxy) is 1. The van der Waals surface area contributed by atoms with Crippen LogP contribution in [0.5, 0.6) is 5.75 Å². The zero-order valence-electron chi connectivity index (χ0n) is 9.73. The molecule has 1 rings (SSSR count). The quantitative estimate of drug-likeness (QED) is 0.853. The van der Waals surface area contributed by atoms with E-state index in [1.54, 1.807) is 27.0 Å². The first-order valence-electron chi connectivity index (χ1n) is 5.07. The summed E-state index contributed by atoms with van der Waals surface area (Å²) in [7, 11) is -1.66. The van der Waals surface area contributed by atoms with Gasteiger partial charge in [-0.1, -0.05) is 18.2 Å². The molecular formula is C11H17NO3S. The van der Waals surface area contributed by atoms with Crippen molar-refractivity contribution >= 4 is 10.0 Å². The Morgan fingerprint density at radius 2 is 1.94 bits per heavy atom. The van der Waals surface area contributed by atoms with Gasteiger partial charge >= 0.3 is 0 Å². The Balaban J connectivity index is 2.75. The fourth-order valence-corrected chi connectivity index (χ4v) is 1.88. The predicted molar refractivity (Wildman–Crippen MR) is 63.9 cm³/mol. The molecule has 0 bridgehead atoms. The van der Waals surface area contributed by atoms with Gasteiger partial charge in [0.25, 0.3) is 0 Å². The molecule has 0 aliphatic heterocycles. The van der Waals surface area contributed by atoms with Gasteiger partial charge in [-0.2, -0.15) is 0 Å². The maximum absolute atomic E-state index is 11.6. The number of methoxy groups -OCH3 is 1. The maximum atomic E-state index is 11.6. The molecule has 90 valence electrons. The summed E-state index contributed by atoms with van der Waals surface area (Å²) >= 11 is 0. The van der Waals surface area contributed by atoms with Gasteiger partial charge in [0.05, 0.1) is 12.4 Å². The van der Waals surface area contributed by atoms with Gasteiger partial charge in [0.2, 0.25) is 10.0 Å². The second-order valence-corrected chi connectivity index (χ2v) is 6.05. The van der Waals surface area contributed by atoms with E-state index in [2.05, 4.69) is 4.72 Å². The van der Waals surface area contributed by atoms with Crippen LogP contribution in [0.3, 0.4) is 0 Å². The van der Waals surface area contributed by atoms with Crippen LogP contribution in [0.25, 0.3) is 0 Å². The lowest BCUT2D eigenvalue weighted by Gasteiger charge is -2.11. The van der Waals surface area contributed by atoms with E-state index in [9.17, 15) is 8.42 Å². The number of para-hydroxylation sites is 1. The summed E-state index contributed by atoms with van der Waals surface area (Å²) in [5, 5.41) is -0.429. The number of sulfonamides is 1. The van der Waals surface area contributed by atoms with Crippen LogP contribution in [0.15, 0.2) is 24.3 Å². The summed E-state index contributed by atoms with van der Waals surface area (Å²) in [5.41, 5.74) is 0.828. The molecule has 4 nitrogen and oxygen atoms in total. The lowest BCUT2D eigenvalue weighted by Crippen LogP contribution is -2.30. The Hall–Kier alpha value is -1.07. The standard InChI is InChI=1S/C11H17NO3S/c1-9(2)16(13,14)12-8-10-6-4-5-7-11(10)15-3/h4-7,9,12H,8H2,1-3H3. The second kappa shape index (κ2) is 5.32. The first kappa shape index (κ1) is 13.0. The highest BCUT2D eigenvalue weighted by Gasteiger charge is 2.15. The normalized spacial score (nSPS) is 11.8. The molecule has 0 heterocycles. The molecule has 5 heteroatoms. The Bertz CT molecular complexity index is 440. The van der Waals surface area contributed by atoms with Gasteiger partial charge < -0.3 is 4.74 Å². The van der Waals surface area contributed by atoms with Gasteiger partial charge in [-0.05, 0) is 19.9 Å². The third-order valence-electron chi connectivity index (χ3n) is 2.28. The summed E-state index contributed by atoms with van der Waals surface area (Å²) in [4.78, 5) is 0. The van der Waals surface area contributed by atoms with Crippen LogP contribution >= 0.6 is 0 Å². The predicted octanol–water partition coefficient (Wildman–Crippen LogP) is 1.52. The molecule has 16 heavy (non-hydrogen) atoms. The molecule has 0 atom stereocenters. The molecule has 0 fully saturated rings. The monoisotopic (exact) mass is 243 g/mol. The van der Waals surface area contributed by atoms with Crippen molar-refractivity contribution in [1.29, 1.82) is 0 Å². The summed E-state index contributed by atoms with van der Waals surface area (Å²) in [6.07, 6.45) is 0. The summed E-state index contributed by atoms with van der Waals surface area (Å²) in [6.45, 7) is 3.54. The zero-order chi connectivity index (χ0) is 12.2. The third-order valence-corrected chi connectivity index (χ3v) is 4.06. The Morgan fingerprint density at radius 3 is 2.50 bits per heavy atom. The largest absolute Gasteiger partial charge is 0.496 e. The van der Waals surface area contributed by atoms with Gasteiger partial charge in [0.1, 0.15) is 5.75 Å². The Morgan fingerprint density at radius 1 is 1.31 bits per heavy atom. The van der Waals surface area contributed by atoms with Crippen molar-refractivity contribution in [2.24, 2.45) is 0 Å². The highest BCUT2D eigenvalue weighted by atomic mass is 32.2. The fraction of sp³-hybridized carbons (Fsp3) is 0.455. The number of benzene rings is 1. The van der Waals surface area contributed by atoms with E-state index in [0.717, 1.165) is 5.56 Å². The summed E-state index contributed by atoms with van der Waals surface area (Å²) in [5.74, 6) is 0.689. The SMILES string of the molecule is COc1ccccc1CNS(=O)(=O)C(C)C. The van der Waals surface area contributed by atoms with Crippen molar-refractivity contribution in [2.75, 3.05) is 7.11 Å². The van der Waals surface area contributed by atoms with E-state index >= 15 is 0 Å². The molecule has 0 saturated carbocycles. The van der Waals surface area contributed by atoms with Crippen LogP contribution in [-0.2, 0) is 16.6 Å². The lowest BCUT2D eigenvalue weighted by atomic mass is 10.2. The van der Waals surface area contributed by atoms with Crippen molar-refractivity contribution in [3.63, 3.8) is 0 Å². The average Bonchev–Trinajstić information content (AvgIpc) is 2.26. The van der Waals surface area contributed by atoms with Crippen LogP contribution in [0.2, 0.25) is 0 Å². The molecule has 0 aromatic heterocycles. The molecule has 0 amide bonds. The number of hydrogen-bond donors (Lipinski definition) is 1. The molecule has 0 aliphatic carbocycles. The maximum Gasteiger partial charge on any atom is 0.214 e. The first-order chi connectivity index (χ1) is 7.47. The molecule has 1 aromatic rings. The Kier molecular flexibility index (Phi) is 4.32. The van der Waals surface area contributed by atoms with E-state index in [-0.39, 0.29) is 6.54 Å². The number of hydrogen-bond acceptors (Lipinski definition) is 3. The second-order valence-electron chi connectivity index (χ2n) is 3.73. The van der Waals surface area contributed by atoms with E-state index in [1.165, 1.54) is 0 Å². The van der Waals surface area contributed by atoms with E-state index in [4.69, 9.17) is 4.74 Å². The summed E-state index contributed by atoms with van der Waals surface area (Å²) in [6, 6.07) is 7.33. The van der Waals surface area contributed by atoms with Gasteiger partial charge in [0, 0.05) is 12.1 Å². The highest BCUT2D eigenvalue weighted by molar-refractivity contribution is 7.90. The minimum Gasteiger partial charge on any atom is -0.496 e. The van der Waals surface area contributed by atoms with Crippen molar-refractivity contribution in [1.82, 2.24) is 4.72 Å². The van der Waals surface area contributed by atoms with Crippen LogP contribution in [0.1, 0.15) is 19.4 Å². The minimum absolute atomic E-state index is 0.254. The molecule has 0 spiro atoms. The lowest BCUT2D eigenvalue weighted by molar-refractivity contribution is 0.409. The first-order valence-corrected chi connectivity index (χ1v) is 6.62. The summed E-state index contributed by atoms with van der Waals surface area (Å²) < 4.78 is 30.8. The molecule has 1 N–H and O–H groups in total. The van der Waals surface area contributed by atoms with Gasteiger partial charge in [-0.3, -0.25) is 0 Å². The zero-order valence-corrected chi connectivity index (χ0v) is 10.5. The Labute approximate surface area is 96.7 Å². The van der Waals surface area contributed by atoms with Crippen LogP contribution in [0.4, 0.5) is 0 Å². The number of nitrogens with one attached hydrogen (secondary N) is 1. The van der Waals surface area contributed by atoms with Crippen LogP contribution < -0.4 is 9.46 Å². The average molecular weight is 243 g/mol. The molecule has 0 aliphatic rings. The topological polar surface area (TPSA) is 55.4 Å². The van der Waals surface area contributed by atoms with E-state index in [0.29, 0.717) is 5.75 Å².